The van der Waals surface area contributed by atoms with Crippen molar-refractivity contribution in [2.24, 2.45) is 5.73 Å². The third-order valence-corrected chi connectivity index (χ3v) is 4.05. The van der Waals surface area contributed by atoms with E-state index in [2.05, 4.69) is 4.74 Å². The van der Waals surface area contributed by atoms with Gasteiger partial charge in [0.05, 0.1) is 6.61 Å². The highest BCUT2D eigenvalue weighted by molar-refractivity contribution is 5.85. The van der Waals surface area contributed by atoms with Crippen molar-refractivity contribution in [3.63, 3.8) is 0 Å². The van der Waals surface area contributed by atoms with Gasteiger partial charge in [-0.1, -0.05) is 41.5 Å². The van der Waals surface area contributed by atoms with Gasteiger partial charge in [0.25, 0.3) is 0 Å². The Bertz CT molecular complexity index is 614. The van der Waals surface area contributed by atoms with Crippen LogP contribution in [-0.2, 0) is 20.4 Å². The fourth-order valence-corrected chi connectivity index (χ4v) is 2.54. The molecule has 0 aliphatic heterocycles. The van der Waals surface area contributed by atoms with Gasteiger partial charge >= 0.3 is 11.9 Å². The van der Waals surface area contributed by atoms with Crippen LogP contribution < -0.4 is 5.73 Å². The lowest BCUT2D eigenvalue weighted by atomic mass is 9.77. The zero-order valence-corrected chi connectivity index (χ0v) is 17.3. The Morgan fingerprint density at radius 1 is 1.12 bits per heavy atom. The summed E-state index contributed by atoms with van der Waals surface area (Å²) in [7, 11) is 0. The number of aromatic hydroxyl groups is 1. The lowest BCUT2D eigenvalue weighted by molar-refractivity contribution is -0.174. The molecule has 7 heteroatoms. The number of carbonyl (C=O) groups is 1. The molecule has 150 valence electrons. The second kappa shape index (κ2) is 8.09. The summed E-state index contributed by atoms with van der Waals surface area (Å²) in [6.45, 7) is 12.5. The van der Waals surface area contributed by atoms with E-state index in [1.165, 1.54) is 19.1 Å². The van der Waals surface area contributed by atoms with Gasteiger partial charge < -0.3 is 15.6 Å². The van der Waals surface area contributed by atoms with Gasteiger partial charge in [0.15, 0.2) is 0 Å². The Hall–Kier alpha value is -1.40. The molecule has 0 heterocycles. The summed E-state index contributed by atoms with van der Waals surface area (Å²) in [5.74, 6) is -5.45. The summed E-state index contributed by atoms with van der Waals surface area (Å²) in [5, 5.41) is 10.6. The molecule has 0 radical (unpaired) electrons. The van der Waals surface area contributed by atoms with Crippen molar-refractivity contribution < 1.29 is 23.4 Å². The topological polar surface area (TPSA) is 72.5 Å². The molecule has 26 heavy (non-hydrogen) atoms. The summed E-state index contributed by atoms with van der Waals surface area (Å²) in [6, 6.07) is 1.03. The maximum atomic E-state index is 14.4. The van der Waals surface area contributed by atoms with Crippen LogP contribution in [0.25, 0.3) is 0 Å². The predicted molar refractivity (Wildman–Crippen MR) is 101 cm³/mol. The molecule has 4 nitrogen and oxygen atoms in total. The van der Waals surface area contributed by atoms with Gasteiger partial charge in [0, 0.05) is 0 Å². The number of benzene rings is 1. The highest BCUT2D eigenvalue weighted by Gasteiger charge is 2.48. The number of nitrogens with two attached hydrogens (primary N) is 1. The Labute approximate surface area is 160 Å². The molecular formula is C19H30ClF2NO3. The molecule has 0 saturated heterocycles. The van der Waals surface area contributed by atoms with Gasteiger partial charge in [0.1, 0.15) is 11.8 Å². The Morgan fingerprint density at radius 3 is 1.81 bits per heavy atom. The lowest BCUT2D eigenvalue weighted by Crippen LogP contribution is -2.42. The zero-order chi connectivity index (χ0) is 19.8. The number of ether oxygens (including phenoxy) is 1. The molecule has 0 unspecified atom stereocenters. The van der Waals surface area contributed by atoms with Crippen molar-refractivity contribution in [2.75, 3.05) is 6.61 Å². The van der Waals surface area contributed by atoms with E-state index < -0.39 is 28.8 Å². The molecule has 0 aliphatic carbocycles. The molecule has 1 rings (SSSR count). The summed E-state index contributed by atoms with van der Waals surface area (Å²) in [6.07, 6.45) is 0. The fraction of sp³-hybridized carbons (Fsp3) is 0.632. The minimum atomic E-state index is -3.86. The van der Waals surface area contributed by atoms with Crippen LogP contribution in [0, 0.1) is 0 Å². The van der Waals surface area contributed by atoms with E-state index in [4.69, 9.17) is 5.73 Å². The Morgan fingerprint density at radius 2 is 1.50 bits per heavy atom. The summed E-state index contributed by atoms with van der Waals surface area (Å²) >= 11 is 0. The van der Waals surface area contributed by atoms with Gasteiger partial charge in [-0.15, -0.1) is 12.4 Å². The number of alkyl halides is 2. The minimum Gasteiger partial charge on any atom is -0.507 e. The van der Waals surface area contributed by atoms with Crippen molar-refractivity contribution in [2.45, 2.75) is 71.3 Å². The largest absolute Gasteiger partial charge is 0.507 e. The molecule has 1 aromatic carbocycles. The molecule has 0 fully saturated rings. The molecule has 1 aromatic rings. The first-order valence-electron chi connectivity index (χ1n) is 8.32. The lowest BCUT2D eigenvalue weighted by Gasteiger charge is -2.30. The highest BCUT2D eigenvalue weighted by atomic mass is 35.5. The molecule has 1 atom stereocenters. The monoisotopic (exact) mass is 393 g/mol. The molecular weight excluding hydrogens is 364 g/mol. The first kappa shape index (κ1) is 24.6. The summed E-state index contributed by atoms with van der Waals surface area (Å²) in [5.41, 5.74) is 5.87. The Kier molecular flexibility index (Phi) is 7.65. The van der Waals surface area contributed by atoms with Crippen LogP contribution in [0.2, 0.25) is 0 Å². The SMILES string of the molecule is CCOC(=O)C(F)(F)[C@@H](N)c1cc(C(C)(C)C)c(O)c(C(C)(C)C)c1.Cl. The van der Waals surface area contributed by atoms with Crippen molar-refractivity contribution in [1.82, 2.24) is 0 Å². The van der Waals surface area contributed by atoms with Crippen LogP contribution in [0.15, 0.2) is 12.1 Å². The number of phenolic OH excluding ortho intramolecular Hbond substituents is 1. The maximum absolute atomic E-state index is 14.4. The second-order valence-corrected chi connectivity index (χ2v) is 8.29. The van der Waals surface area contributed by atoms with Crippen LogP contribution >= 0.6 is 12.4 Å². The van der Waals surface area contributed by atoms with Crippen LogP contribution in [0.3, 0.4) is 0 Å². The van der Waals surface area contributed by atoms with Crippen LogP contribution in [0.5, 0.6) is 5.75 Å². The van der Waals surface area contributed by atoms with E-state index in [9.17, 15) is 18.7 Å². The van der Waals surface area contributed by atoms with E-state index in [0.717, 1.165) is 0 Å². The third-order valence-electron chi connectivity index (χ3n) is 4.05. The number of carbonyl (C=O) groups excluding carboxylic acids is 1. The van der Waals surface area contributed by atoms with E-state index in [1.807, 2.05) is 41.5 Å². The van der Waals surface area contributed by atoms with Gasteiger partial charge in [0.2, 0.25) is 0 Å². The van der Waals surface area contributed by atoms with E-state index >= 15 is 0 Å². The third kappa shape index (κ3) is 5.07. The van der Waals surface area contributed by atoms with Gasteiger partial charge in [-0.05, 0) is 46.6 Å². The number of esters is 1. The van der Waals surface area contributed by atoms with E-state index in [0.29, 0.717) is 11.1 Å². The fourth-order valence-electron chi connectivity index (χ4n) is 2.54. The number of halogens is 3. The van der Waals surface area contributed by atoms with Crippen molar-refractivity contribution in [3.05, 3.63) is 28.8 Å². The van der Waals surface area contributed by atoms with Crippen LogP contribution in [-0.4, -0.2) is 23.6 Å². The summed E-state index contributed by atoms with van der Waals surface area (Å²) < 4.78 is 33.2. The second-order valence-electron chi connectivity index (χ2n) is 8.29. The molecule has 3 N–H and O–H groups in total. The number of hydrogen-bond acceptors (Lipinski definition) is 4. The standard InChI is InChI=1S/C19H29F2NO3.ClH/c1-8-25-16(24)19(20,21)15(22)11-9-12(17(2,3)4)14(23)13(10-11)18(5,6)7;/h9-10,15,23H,8,22H2,1-7H3;1H/t15-;/m0./s1. The predicted octanol–water partition coefficient (Wildman–Crippen LogP) is 4.61. The average molecular weight is 394 g/mol. The quantitative estimate of drug-likeness (QED) is 0.733. The van der Waals surface area contributed by atoms with Gasteiger partial charge in [-0.25, -0.2) is 4.79 Å². The minimum absolute atomic E-state index is 0. The first-order chi connectivity index (χ1) is 11.1. The van der Waals surface area contributed by atoms with Crippen molar-refractivity contribution in [3.8, 4) is 5.75 Å². The van der Waals surface area contributed by atoms with Gasteiger partial charge in [-0.3, -0.25) is 0 Å². The van der Waals surface area contributed by atoms with E-state index in [1.54, 1.807) is 0 Å². The molecule has 0 bridgehead atoms. The zero-order valence-electron chi connectivity index (χ0n) is 16.4. The van der Waals surface area contributed by atoms with Crippen LogP contribution in [0.4, 0.5) is 8.78 Å². The van der Waals surface area contributed by atoms with Crippen molar-refractivity contribution >= 4 is 18.4 Å². The first-order valence-corrected chi connectivity index (χ1v) is 8.32. The molecule has 0 spiro atoms. The van der Waals surface area contributed by atoms with Crippen molar-refractivity contribution in [1.29, 1.82) is 0 Å². The number of rotatable bonds is 4. The maximum Gasteiger partial charge on any atom is 0.379 e. The van der Waals surface area contributed by atoms with E-state index in [-0.39, 0.29) is 30.3 Å². The van der Waals surface area contributed by atoms with Crippen LogP contribution in [0.1, 0.15) is 71.2 Å². The highest BCUT2D eigenvalue weighted by Crippen LogP contribution is 2.42. The number of hydrogen-bond donors (Lipinski definition) is 2. The Balaban J connectivity index is 0.00000625. The number of phenols is 1. The van der Waals surface area contributed by atoms with Gasteiger partial charge in [-0.2, -0.15) is 8.78 Å². The smallest absolute Gasteiger partial charge is 0.379 e. The normalized spacial score (nSPS) is 13.8. The summed E-state index contributed by atoms with van der Waals surface area (Å²) in [4.78, 5) is 11.6. The molecule has 0 amide bonds. The average Bonchev–Trinajstić information content (AvgIpc) is 2.44. The molecule has 0 saturated carbocycles. The molecule has 0 aromatic heterocycles. The molecule has 0 aliphatic rings.